The van der Waals surface area contributed by atoms with Crippen molar-refractivity contribution in [3.63, 3.8) is 0 Å². The van der Waals surface area contributed by atoms with Gasteiger partial charge in [0.15, 0.2) is 17.0 Å². The molecule has 0 radical (unpaired) electrons. The molecule has 3 rings (SSSR count). The normalized spacial score (nSPS) is 21.2. The lowest BCUT2D eigenvalue weighted by Crippen LogP contribution is -2.47. The molecule has 2 aromatic carbocycles. The van der Waals surface area contributed by atoms with E-state index in [1.165, 1.54) is 11.8 Å². The lowest BCUT2D eigenvalue weighted by Gasteiger charge is -2.24. The van der Waals surface area contributed by atoms with Crippen LogP contribution in [0, 0.1) is 0 Å². The summed E-state index contributed by atoms with van der Waals surface area (Å²) >= 11 is 0. The Morgan fingerprint density at radius 3 is 2.05 bits per heavy atom. The van der Waals surface area contributed by atoms with Crippen LogP contribution in [0.1, 0.15) is 12.5 Å². The minimum Gasteiger partial charge on any atom is -0.303 e. The average Bonchev–Trinajstić information content (AvgIpc) is 2.81. The van der Waals surface area contributed by atoms with Crippen LogP contribution in [0.3, 0.4) is 0 Å². The largest absolute Gasteiger partial charge is 0.303 e. The number of carbonyl (C=O) groups is 3. The lowest BCUT2D eigenvalue weighted by molar-refractivity contribution is -0.137. The third-order valence-corrected chi connectivity index (χ3v) is 4.09. The van der Waals surface area contributed by atoms with Crippen molar-refractivity contribution < 1.29 is 14.4 Å². The van der Waals surface area contributed by atoms with Crippen LogP contribution in [0.2, 0.25) is 0 Å². The average molecular weight is 293 g/mol. The Bertz CT molecular complexity index is 739. The Balaban J connectivity index is 2.15. The highest BCUT2D eigenvalue weighted by molar-refractivity contribution is 6.37. The first-order chi connectivity index (χ1) is 10.6. The molecule has 1 saturated heterocycles. The van der Waals surface area contributed by atoms with Gasteiger partial charge in [-0.25, -0.2) is 0 Å². The quantitative estimate of drug-likeness (QED) is 0.815. The number of benzene rings is 2. The fraction of sp³-hybridized carbons (Fsp3) is 0.167. The highest BCUT2D eigenvalue weighted by atomic mass is 16.2. The summed E-state index contributed by atoms with van der Waals surface area (Å²) in [7, 11) is 0. The molecule has 1 heterocycles. The van der Waals surface area contributed by atoms with Gasteiger partial charge in [-0.3, -0.25) is 14.4 Å². The monoisotopic (exact) mass is 293 g/mol. The molecule has 0 aromatic heterocycles. The lowest BCUT2D eigenvalue weighted by atomic mass is 9.75. The van der Waals surface area contributed by atoms with E-state index in [1.54, 1.807) is 54.6 Å². The van der Waals surface area contributed by atoms with Crippen LogP contribution < -0.4 is 4.90 Å². The maximum absolute atomic E-state index is 13.0. The van der Waals surface area contributed by atoms with Gasteiger partial charge < -0.3 is 4.90 Å². The Morgan fingerprint density at radius 2 is 1.50 bits per heavy atom. The summed E-state index contributed by atoms with van der Waals surface area (Å²) in [6, 6.07) is 17.5. The zero-order valence-corrected chi connectivity index (χ0v) is 12.2. The number of hydrogen-bond donors (Lipinski definition) is 0. The second-order valence-electron chi connectivity index (χ2n) is 5.32. The maximum Gasteiger partial charge on any atom is 0.253 e. The molecule has 1 amide bonds. The molecule has 0 bridgehead atoms. The summed E-state index contributed by atoms with van der Waals surface area (Å²) in [6.07, 6.45) is 0. The van der Waals surface area contributed by atoms with Crippen LogP contribution in [0.4, 0.5) is 5.69 Å². The van der Waals surface area contributed by atoms with E-state index in [0.29, 0.717) is 11.3 Å². The van der Waals surface area contributed by atoms with E-state index in [0.717, 1.165) is 0 Å². The van der Waals surface area contributed by atoms with Gasteiger partial charge in [-0.1, -0.05) is 48.5 Å². The Hall–Kier alpha value is -2.75. The summed E-state index contributed by atoms with van der Waals surface area (Å²) < 4.78 is 0. The molecular formula is C18H15NO3. The number of hydrogen-bond acceptors (Lipinski definition) is 3. The first kappa shape index (κ1) is 14.2. The maximum atomic E-state index is 13.0. The third-order valence-electron chi connectivity index (χ3n) is 4.09. The van der Waals surface area contributed by atoms with Crippen LogP contribution in [0.25, 0.3) is 0 Å². The van der Waals surface area contributed by atoms with E-state index in [2.05, 4.69) is 0 Å². The minimum atomic E-state index is -1.71. The van der Waals surface area contributed by atoms with Crippen molar-refractivity contribution in [2.75, 3.05) is 11.4 Å². The van der Waals surface area contributed by atoms with Gasteiger partial charge in [-0.15, -0.1) is 0 Å². The van der Waals surface area contributed by atoms with Crippen LogP contribution >= 0.6 is 0 Å². The molecule has 0 aliphatic carbocycles. The van der Waals surface area contributed by atoms with Crippen LogP contribution in [0.5, 0.6) is 0 Å². The molecule has 1 aliphatic heterocycles. The van der Waals surface area contributed by atoms with Gasteiger partial charge in [0, 0.05) is 5.69 Å². The Kier molecular flexibility index (Phi) is 3.37. The molecule has 0 N–H and O–H groups in total. The summed E-state index contributed by atoms with van der Waals surface area (Å²) in [5.41, 5.74) is -0.646. The van der Waals surface area contributed by atoms with Gasteiger partial charge in [-0.2, -0.15) is 0 Å². The SMILES string of the molecule is CC(=O)C1(c2ccccc2)C(=O)CN(c2ccccc2)C1=O. The summed E-state index contributed by atoms with van der Waals surface area (Å²) in [4.78, 5) is 39.3. The first-order valence-electron chi connectivity index (χ1n) is 7.05. The minimum absolute atomic E-state index is 0.0860. The van der Waals surface area contributed by atoms with Gasteiger partial charge in [0.25, 0.3) is 5.91 Å². The number of Topliss-reactive ketones (excluding diaryl/α,β-unsaturated/α-hetero) is 2. The second kappa shape index (κ2) is 5.22. The van der Waals surface area contributed by atoms with Crippen molar-refractivity contribution in [3.8, 4) is 0 Å². The second-order valence-corrected chi connectivity index (χ2v) is 5.32. The van der Waals surface area contributed by atoms with E-state index in [9.17, 15) is 14.4 Å². The van der Waals surface area contributed by atoms with Crippen molar-refractivity contribution in [2.24, 2.45) is 0 Å². The van der Waals surface area contributed by atoms with E-state index < -0.39 is 17.1 Å². The van der Waals surface area contributed by atoms with Crippen molar-refractivity contribution in [1.29, 1.82) is 0 Å². The molecule has 1 fully saturated rings. The Morgan fingerprint density at radius 1 is 0.955 bits per heavy atom. The van der Waals surface area contributed by atoms with E-state index in [-0.39, 0.29) is 12.3 Å². The van der Waals surface area contributed by atoms with Gasteiger partial charge in [0.1, 0.15) is 0 Å². The van der Waals surface area contributed by atoms with Crippen LogP contribution in [-0.4, -0.2) is 24.0 Å². The fourth-order valence-electron chi connectivity index (χ4n) is 2.99. The highest BCUT2D eigenvalue weighted by Crippen LogP contribution is 2.36. The predicted molar refractivity (Wildman–Crippen MR) is 82.6 cm³/mol. The van der Waals surface area contributed by atoms with Crippen molar-refractivity contribution in [1.82, 2.24) is 0 Å². The smallest absolute Gasteiger partial charge is 0.253 e. The molecule has 4 nitrogen and oxygen atoms in total. The number of rotatable bonds is 3. The van der Waals surface area contributed by atoms with Gasteiger partial charge in [0.05, 0.1) is 6.54 Å². The summed E-state index contributed by atoms with van der Waals surface area (Å²) in [5.74, 6) is -1.28. The van der Waals surface area contributed by atoms with Crippen molar-refractivity contribution in [2.45, 2.75) is 12.3 Å². The van der Waals surface area contributed by atoms with E-state index in [1.807, 2.05) is 6.07 Å². The molecule has 1 unspecified atom stereocenters. The molecular weight excluding hydrogens is 278 g/mol. The highest BCUT2D eigenvalue weighted by Gasteiger charge is 2.58. The number of nitrogens with zero attached hydrogens (tertiary/aromatic N) is 1. The van der Waals surface area contributed by atoms with E-state index in [4.69, 9.17) is 0 Å². The number of para-hydroxylation sites is 1. The molecule has 2 aromatic rings. The molecule has 1 aliphatic rings. The predicted octanol–water partition coefficient (Wildman–Crippen LogP) is 2.13. The van der Waals surface area contributed by atoms with Crippen molar-refractivity contribution >= 4 is 23.2 Å². The van der Waals surface area contributed by atoms with Gasteiger partial charge in [0.2, 0.25) is 0 Å². The third kappa shape index (κ3) is 1.88. The summed E-state index contributed by atoms with van der Waals surface area (Å²) in [5, 5.41) is 0. The van der Waals surface area contributed by atoms with E-state index >= 15 is 0 Å². The zero-order chi connectivity index (χ0) is 15.7. The Labute approximate surface area is 128 Å². The number of amides is 1. The standard InChI is InChI=1S/C18H15NO3/c1-13(20)18(14-8-4-2-5-9-14)16(21)12-19(17(18)22)15-10-6-3-7-11-15/h2-11H,12H2,1H3. The van der Waals surface area contributed by atoms with Gasteiger partial charge in [-0.05, 0) is 24.6 Å². The number of anilines is 1. The van der Waals surface area contributed by atoms with Crippen LogP contribution in [0.15, 0.2) is 60.7 Å². The van der Waals surface area contributed by atoms with Crippen molar-refractivity contribution in [3.05, 3.63) is 66.2 Å². The molecule has 22 heavy (non-hydrogen) atoms. The topological polar surface area (TPSA) is 54.5 Å². The first-order valence-corrected chi connectivity index (χ1v) is 7.05. The van der Waals surface area contributed by atoms with Crippen LogP contribution in [-0.2, 0) is 19.8 Å². The molecule has 110 valence electrons. The van der Waals surface area contributed by atoms with Gasteiger partial charge >= 0.3 is 0 Å². The molecule has 4 heteroatoms. The molecule has 0 spiro atoms. The zero-order valence-electron chi connectivity index (χ0n) is 12.2. The number of carbonyl (C=O) groups excluding carboxylic acids is 3. The number of ketones is 2. The summed E-state index contributed by atoms with van der Waals surface area (Å²) in [6.45, 7) is 1.22. The molecule has 0 saturated carbocycles. The fourth-order valence-corrected chi connectivity index (χ4v) is 2.99. The molecule has 1 atom stereocenters.